The summed E-state index contributed by atoms with van der Waals surface area (Å²) in [4.78, 5) is 25.3. The van der Waals surface area contributed by atoms with Crippen molar-refractivity contribution in [2.75, 3.05) is 6.54 Å². The van der Waals surface area contributed by atoms with Crippen molar-refractivity contribution in [2.24, 2.45) is 5.92 Å². The molecule has 0 spiro atoms. The van der Waals surface area contributed by atoms with Crippen molar-refractivity contribution in [2.45, 2.75) is 39.2 Å². The predicted octanol–water partition coefficient (Wildman–Crippen LogP) is 2.25. The lowest BCUT2D eigenvalue weighted by Gasteiger charge is -2.36. The first-order valence-electron chi connectivity index (χ1n) is 7.06. The smallest absolute Gasteiger partial charge is 0.326 e. The average molecular weight is 275 g/mol. The van der Waals surface area contributed by atoms with Gasteiger partial charge in [-0.15, -0.1) is 0 Å². The molecule has 1 heterocycles. The van der Waals surface area contributed by atoms with Gasteiger partial charge in [0.05, 0.1) is 6.42 Å². The maximum Gasteiger partial charge on any atom is 0.326 e. The molecule has 20 heavy (non-hydrogen) atoms. The van der Waals surface area contributed by atoms with E-state index < -0.39 is 12.0 Å². The average Bonchev–Trinajstić information content (AvgIpc) is 2.41. The Labute approximate surface area is 119 Å². The van der Waals surface area contributed by atoms with Crippen LogP contribution in [-0.4, -0.2) is 34.5 Å². The summed E-state index contributed by atoms with van der Waals surface area (Å²) in [7, 11) is 0. The summed E-state index contributed by atoms with van der Waals surface area (Å²) in [6, 6.07) is 7.06. The van der Waals surface area contributed by atoms with E-state index >= 15 is 0 Å². The Hall–Kier alpha value is -1.84. The Balaban J connectivity index is 2.11. The van der Waals surface area contributed by atoms with Gasteiger partial charge >= 0.3 is 5.97 Å². The highest BCUT2D eigenvalue weighted by Gasteiger charge is 2.34. The lowest BCUT2D eigenvalue weighted by atomic mass is 9.91. The SMILES string of the molecule is Cc1ccccc1CC(=O)N1CCC(C)CC1C(=O)O. The van der Waals surface area contributed by atoms with Gasteiger partial charge in [0, 0.05) is 6.54 Å². The molecule has 1 fully saturated rings. The molecule has 1 aromatic carbocycles. The minimum Gasteiger partial charge on any atom is -0.480 e. The number of nitrogens with zero attached hydrogens (tertiary/aromatic N) is 1. The van der Waals surface area contributed by atoms with Crippen molar-refractivity contribution in [3.05, 3.63) is 35.4 Å². The molecular formula is C16H21NO3. The number of likely N-dealkylation sites (tertiary alicyclic amines) is 1. The van der Waals surface area contributed by atoms with Gasteiger partial charge in [-0.25, -0.2) is 4.79 Å². The summed E-state index contributed by atoms with van der Waals surface area (Å²) >= 11 is 0. The number of benzene rings is 1. The van der Waals surface area contributed by atoms with Gasteiger partial charge < -0.3 is 10.0 Å². The third kappa shape index (κ3) is 3.18. The molecule has 1 aliphatic heterocycles. The van der Waals surface area contributed by atoms with Crippen LogP contribution in [0, 0.1) is 12.8 Å². The van der Waals surface area contributed by atoms with Gasteiger partial charge in [0.25, 0.3) is 0 Å². The molecule has 2 unspecified atom stereocenters. The third-order valence-corrected chi connectivity index (χ3v) is 4.07. The van der Waals surface area contributed by atoms with E-state index in [-0.39, 0.29) is 12.3 Å². The van der Waals surface area contributed by atoms with E-state index in [1.807, 2.05) is 38.1 Å². The molecular weight excluding hydrogens is 254 g/mol. The zero-order chi connectivity index (χ0) is 14.7. The van der Waals surface area contributed by atoms with Crippen molar-refractivity contribution in [1.82, 2.24) is 4.90 Å². The molecule has 1 aliphatic rings. The van der Waals surface area contributed by atoms with Crippen LogP contribution in [-0.2, 0) is 16.0 Å². The predicted molar refractivity (Wildman–Crippen MR) is 76.4 cm³/mol. The number of carbonyl (C=O) groups is 2. The van der Waals surface area contributed by atoms with Crippen LogP contribution in [0.2, 0.25) is 0 Å². The highest BCUT2D eigenvalue weighted by molar-refractivity contribution is 5.85. The number of carboxylic acids is 1. The minimum absolute atomic E-state index is 0.0846. The van der Waals surface area contributed by atoms with E-state index in [4.69, 9.17) is 0 Å². The van der Waals surface area contributed by atoms with Crippen LogP contribution < -0.4 is 0 Å². The zero-order valence-electron chi connectivity index (χ0n) is 12.0. The first-order valence-corrected chi connectivity index (χ1v) is 7.06. The monoisotopic (exact) mass is 275 g/mol. The summed E-state index contributed by atoms with van der Waals surface area (Å²) in [5, 5.41) is 9.30. The van der Waals surface area contributed by atoms with Crippen LogP contribution >= 0.6 is 0 Å². The molecule has 4 heteroatoms. The summed E-state index contributed by atoms with van der Waals surface area (Å²) < 4.78 is 0. The Morgan fingerprint density at radius 1 is 1.35 bits per heavy atom. The van der Waals surface area contributed by atoms with Crippen molar-refractivity contribution in [3.63, 3.8) is 0 Å². The van der Waals surface area contributed by atoms with E-state index in [0.717, 1.165) is 17.5 Å². The molecule has 0 aromatic heterocycles. The second-order valence-electron chi connectivity index (χ2n) is 5.67. The first kappa shape index (κ1) is 14.6. The van der Waals surface area contributed by atoms with E-state index in [2.05, 4.69) is 0 Å². The summed E-state index contributed by atoms with van der Waals surface area (Å²) in [5.74, 6) is -0.619. The van der Waals surface area contributed by atoms with Gasteiger partial charge in [0.2, 0.25) is 5.91 Å². The fraction of sp³-hybridized carbons (Fsp3) is 0.500. The largest absolute Gasteiger partial charge is 0.480 e. The number of rotatable bonds is 3. The van der Waals surface area contributed by atoms with Gasteiger partial charge in [-0.2, -0.15) is 0 Å². The fourth-order valence-corrected chi connectivity index (χ4v) is 2.75. The maximum atomic E-state index is 12.4. The molecule has 0 bridgehead atoms. The fourth-order valence-electron chi connectivity index (χ4n) is 2.75. The lowest BCUT2D eigenvalue weighted by Crippen LogP contribution is -2.50. The standard InChI is InChI=1S/C16H21NO3/c1-11-7-8-17(14(9-11)16(19)20)15(18)10-13-6-4-3-5-12(13)2/h3-6,11,14H,7-10H2,1-2H3,(H,19,20). The molecule has 0 radical (unpaired) electrons. The quantitative estimate of drug-likeness (QED) is 0.920. The molecule has 1 aromatic rings. The Bertz CT molecular complexity index is 512. The van der Waals surface area contributed by atoms with E-state index in [0.29, 0.717) is 18.9 Å². The van der Waals surface area contributed by atoms with Gasteiger partial charge in [0.1, 0.15) is 6.04 Å². The van der Waals surface area contributed by atoms with Crippen LogP contribution in [0.3, 0.4) is 0 Å². The molecule has 1 N–H and O–H groups in total. The number of piperidine rings is 1. The van der Waals surface area contributed by atoms with Gasteiger partial charge in [-0.1, -0.05) is 31.2 Å². The van der Waals surface area contributed by atoms with Gasteiger partial charge in [-0.3, -0.25) is 4.79 Å². The summed E-state index contributed by atoms with van der Waals surface area (Å²) in [6.45, 7) is 4.55. The second-order valence-corrected chi connectivity index (χ2v) is 5.67. The zero-order valence-corrected chi connectivity index (χ0v) is 12.0. The van der Waals surface area contributed by atoms with E-state index in [1.54, 1.807) is 0 Å². The summed E-state index contributed by atoms with van der Waals surface area (Å²) in [5.41, 5.74) is 2.04. The Morgan fingerprint density at radius 3 is 2.70 bits per heavy atom. The second kappa shape index (κ2) is 6.07. The van der Waals surface area contributed by atoms with Gasteiger partial charge in [-0.05, 0) is 36.8 Å². The van der Waals surface area contributed by atoms with Crippen LogP contribution in [0.1, 0.15) is 30.9 Å². The number of hydrogen-bond acceptors (Lipinski definition) is 2. The lowest BCUT2D eigenvalue weighted by molar-refractivity contribution is -0.152. The molecule has 2 atom stereocenters. The van der Waals surface area contributed by atoms with Crippen molar-refractivity contribution < 1.29 is 14.7 Å². The molecule has 1 saturated heterocycles. The number of aliphatic carboxylic acids is 1. The topological polar surface area (TPSA) is 57.6 Å². The molecule has 0 aliphatic carbocycles. The minimum atomic E-state index is -0.894. The molecule has 2 rings (SSSR count). The number of carbonyl (C=O) groups excluding carboxylic acids is 1. The van der Waals surface area contributed by atoms with Crippen LogP contribution in [0.25, 0.3) is 0 Å². The maximum absolute atomic E-state index is 12.4. The highest BCUT2D eigenvalue weighted by atomic mass is 16.4. The van der Waals surface area contributed by atoms with Crippen LogP contribution in [0.4, 0.5) is 0 Å². The van der Waals surface area contributed by atoms with E-state index in [9.17, 15) is 14.7 Å². The third-order valence-electron chi connectivity index (χ3n) is 4.07. The number of hydrogen-bond donors (Lipinski definition) is 1. The van der Waals surface area contributed by atoms with E-state index in [1.165, 1.54) is 4.90 Å². The van der Waals surface area contributed by atoms with Crippen molar-refractivity contribution in [1.29, 1.82) is 0 Å². The van der Waals surface area contributed by atoms with Crippen LogP contribution in [0.5, 0.6) is 0 Å². The molecule has 108 valence electrons. The number of aryl methyl sites for hydroxylation is 1. The van der Waals surface area contributed by atoms with Gasteiger partial charge in [0.15, 0.2) is 0 Å². The first-order chi connectivity index (χ1) is 9.49. The number of amides is 1. The number of carboxylic acid groups (broad SMARTS) is 1. The Morgan fingerprint density at radius 2 is 2.05 bits per heavy atom. The van der Waals surface area contributed by atoms with Crippen LogP contribution in [0.15, 0.2) is 24.3 Å². The normalized spacial score (nSPS) is 22.6. The summed E-state index contributed by atoms with van der Waals surface area (Å²) in [6.07, 6.45) is 1.71. The Kier molecular flexibility index (Phi) is 4.42. The highest BCUT2D eigenvalue weighted by Crippen LogP contribution is 2.23. The molecule has 1 amide bonds. The van der Waals surface area contributed by atoms with Crippen molar-refractivity contribution in [3.8, 4) is 0 Å². The molecule has 0 saturated carbocycles. The molecule has 4 nitrogen and oxygen atoms in total. The van der Waals surface area contributed by atoms with Crippen molar-refractivity contribution >= 4 is 11.9 Å².